The highest BCUT2D eigenvalue weighted by molar-refractivity contribution is 8.09. The van der Waals surface area contributed by atoms with Crippen molar-refractivity contribution < 1.29 is 17.8 Å². The molecular weight excluding hydrogens is 373 g/mol. The third-order valence-electron chi connectivity index (χ3n) is 4.27. The number of nitrogens with one attached hydrogen (secondary N) is 1. The van der Waals surface area contributed by atoms with Crippen molar-refractivity contribution in [3.8, 4) is 0 Å². The van der Waals surface area contributed by atoms with Crippen LogP contribution < -0.4 is 4.39 Å². The van der Waals surface area contributed by atoms with Gasteiger partial charge in [-0.05, 0) is 31.0 Å². The fraction of sp³-hybridized carbons (Fsp3) is 0.588. The first-order chi connectivity index (χ1) is 11.4. The molecule has 1 N–H and O–H groups in total. The average Bonchev–Trinajstić information content (AvgIpc) is 2.46. The van der Waals surface area contributed by atoms with E-state index in [0.29, 0.717) is 4.90 Å². The third-order valence-corrected chi connectivity index (χ3v) is 15.7. The molecule has 1 atom stereocenters. The van der Waals surface area contributed by atoms with Crippen molar-refractivity contribution >= 4 is 30.6 Å². The van der Waals surface area contributed by atoms with E-state index in [2.05, 4.69) is 38.3 Å². The molecule has 1 unspecified atom stereocenters. The van der Waals surface area contributed by atoms with Crippen molar-refractivity contribution in [2.75, 3.05) is 13.2 Å². The summed E-state index contributed by atoms with van der Waals surface area (Å²) in [4.78, 5) is 0.583. The highest BCUT2D eigenvalue weighted by Crippen LogP contribution is 2.46. The summed E-state index contributed by atoms with van der Waals surface area (Å²) >= 11 is 0. The van der Waals surface area contributed by atoms with Gasteiger partial charge in [0.25, 0.3) is 0 Å². The minimum Gasteiger partial charge on any atom is -0.305 e. The fourth-order valence-corrected chi connectivity index (χ4v) is 11.1. The first-order valence-corrected chi connectivity index (χ1v) is 14.8. The molecule has 0 aliphatic carbocycles. The molecule has 1 rings (SSSR count). The van der Waals surface area contributed by atoms with Crippen molar-refractivity contribution in [3.63, 3.8) is 0 Å². The predicted molar refractivity (Wildman–Crippen MR) is 110 cm³/mol. The maximum atomic E-state index is 14.0. The highest BCUT2D eigenvalue weighted by Gasteiger charge is 2.39. The molecule has 0 fully saturated rings. The Labute approximate surface area is 154 Å². The van der Waals surface area contributed by atoms with Gasteiger partial charge in [0.15, 0.2) is 0 Å². The molecule has 144 valence electrons. The van der Waals surface area contributed by atoms with Crippen molar-refractivity contribution in [2.45, 2.75) is 57.6 Å². The Balaban J connectivity index is 3.57. The summed E-state index contributed by atoms with van der Waals surface area (Å²) in [6.07, 6.45) is 0. The first kappa shape index (κ1) is 22.6. The Morgan fingerprint density at radius 3 is 2.00 bits per heavy atom. The van der Waals surface area contributed by atoms with Crippen LogP contribution in [0.5, 0.6) is 0 Å². The summed E-state index contributed by atoms with van der Waals surface area (Å²) in [5.74, 6) is 0. The summed E-state index contributed by atoms with van der Waals surface area (Å²) < 4.78 is 41.1. The van der Waals surface area contributed by atoms with Gasteiger partial charge in [0.2, 0.25) is 0 Å². The Morgan fingerprint density at radius 2 is 1.60 bits per heavy atom. The van der Waals surface area contributed by atoms with Crippen molar-refractivity contribution in [3.05, 3.63) is 30.3 Å². The lowest BCUT2D eigenvalue weighted by atomic mass is 10.2. The van der Waals surface area contributed by atoms with Crippen LogP contribution >= 0.6 is 7.60 Å². The van der Waals surface area contributed by atoms with Gasteiger partial charge in [-0.15, -0.1) is 0 Å². The van der Waals surface area contributed by atoms with E-state index in [9.17, 15) is 8.77 Å². The molecule has 8 heteroatoms. The Morgan fingerprint density at radius 1 is 1.12 bits per heavy atom. The van der Waals surface area contributed by atoms with E-state index in [0.717, 1.165) is 0 Å². The molecule has 0 aliphatic rings. The summed E-state index contributed by atoms with van der Waals surface area (Å²) in [6.45, 7) is 14.5. The molecule has 0 spiro atoms. The van der Waals surface area contributed by atoms with Crippen molar-refractivity contribution in [2.24, 2.45) is 0 Å². The minimum atomic E-state index is -3.59. The third kappa shape index (κ3) is 6.05. The number of hydrogen-bond acceptors (Lipinski definition) is 4. The van der Waals surface area contributed by atoms with Crippen molar-refractivity contribution in [1.29, 1.82) is 0 Å². The fourth-order valence-electron chi connectivity index (χ4n) is 1.94. The predicted octanol–water partition coefficient (Wildman–Crippen LogP) is 4.87. The molecule has 0 amide bonds. The number of benzene rings is 1. The van der Waals surface area contributed by atoms with Gasteiger partial charge >= 0.3 is 7.60 Å². The summed E-state index contributed by atoms with van der Waals surface area (Å²) in [6, 6.07) is 9.06. The molecule has 0 saturated carbocycles. The van der Waals surface area contributed by atoms with E-state index in [1.807, 2.05) is 18.2 Å². The number of rotatable bonds is 8. The zero-order valence-electron chi connectivity index (χ0n) is 16.4. The van der Waals surface area contributed by atoms with Gasteiger partial charge in [0.05, 0.1) is 28.0 Å². The molecule has 25 heavy (non-hydrogen) atoms. The van der Waals surface area contributed by atoms with Crippen LogP contribution in [0.25, 0.3) is 0 Å². The van der Waals surface area contributed by atoms with Gasteiger partial charge in [-0.2, -0.15) is 0 Å². The van der Waals surface area contributed by atoms with Crippen LogP contribution in [0.3, 0.4) is 0 Å². The summed E-state index contributed by atoms with van der Waals surface area (Å²) in [5, 5.41) is 1.24. The quantitative estimate of drug-likeness (QED) is 0.381. The van der Waals surface area contributed by atoms with Gasteiger partial charge in [0, 0.05) is 4.90 Å². The van der Waals surface area contributed by atoms with Crippen LogP contribution in [0.1, 0.15) is 34.6 Å². The molecule has 1 aromatic rings. The van der Waals surface area contributed by atoms with Crippen LogP contribution in [0, 0.1) is 0 Å². The SMILES string of the molecule is CCOP(=O)(C=S(=O)(N[Si](C)(C)C(C)(C)C)c1ccccc1)OCC. The van der Waals surface area contributed by atoms with Gasteiger partial charge in [-0.25, -0.2) is 4.21 Å². The molecule has 0 radical (unpaired) electrons. The highest BCUT2D eigenvalue weighted by atomic mass is 32.2. The standard InChI is InChI=1S/C17H32NO4PSSi/c1-8-21-23(19,22-9-2)15-24(20,16-13-11-10-12-14-16)18-25(6,7)17(3,4)5/h10-15H,8-9H2,1-7H3,(H,18,20). The van der Waals surface area contributed by atoms with E-state index in [-0.39, 0.29) is 18.3 Å². The van der Waals surface area contributed by atoms with E-state index >= 15 is 0 Å². The van der Waals surface area contributed by atoms with Gasteiger partial charge in [-0.3, -0.25) is 8.95 Å². The Hall–Kier alpha value is -0.433. The molecule has 1 aromatic carbocycles. The molecular formula is C17H32NO4PSSi. The summed E-state index contributed by atoms with van der Waals surface area (Å²) in [7, 11) is -8.68. The molecule has 5 nitrogen and oxygen atoms in total. The molecule has 0 aromatic heterocycles. The molecule has 0 bridgehead atoms. The lowest BCUT2D eigenvalue weighted by Gasteiger charge is -2.38. The van der Waals surface area contributed by atoms with Crippen LogP contribution in [0.2, 0.25) is 18.1 Å². The topological polar surface area (TPSA) is 64.6 Å². The van der Waals surface area contributed by atoms with Crippen molar-refractivity contribution in [1.82, 2.24) is 4.39 Å². The second-order valence-corrected chi connectivity index (χ2v) is 17.1. The largest absolute Gasteiger partial charge is 0.363 e. The monoisotopic (exact) mass is 405 g/mol. The maximum Gasteiger partial charge on any atom is 0.363 e. The van der Waals surface area contributed by atoms with E-state index in [4.69, 9.17) is 9.05 Å². The zero-order chi connectivity index (χ0) is 19.4. The Bertz CT molecular complexity index is 712. The lowest BCUT2D eigenvalue weighted by Crippen LogP contribution is -2.54. The van der Waals surface area contributed by atoms with Crippen LogP contribution in [0.4, 0.5) is 0 Å². The molecule has 0 saturated heterocycles. The van der Waals surface area contributed by atoms with E-state index in [1.54, 1.807) is 26.0 Å². The van der Waals surface area contributed by atoms with Crippen LogP contribution in [0.15, 0.2) is 35.2 Å². The normalized spacial score (nSPS) is 15.6. The van der Waals surface area contributed by atoms with Gasteiger partial charge in [0.1, 0.15) is 8.24 Å². The van der Waals surface area contributed by atoms with E-state index in [1.165, 1.54) is 5.11 Å². The maximum absolute atomic E-state index is 14.0. The number of hydrogen-bond donors (Lipinski definition) is 1. The summed E-state index contributed by atoms with van der Waals surface area (Å²) in [5.41, 5.74) is 0. The second kappa shape index (κ2) is 8.50. The van der Waals surface area contributed by atoms with Crippen LogP contribution in [-0.4, -0.2) is 30.8 Å². The van der Waals surface area contributed by atoms with Crippen LogP contribution in [-0.2, 0) is 23.3 Å². The average molecular weight is 406 g/mol. The second-order valence-electron chi connectivity index (χ2n) is 7.37. The smallest absolute Gasteiger partial charge is 0.305 e. The first-order valence-electron chi connectivity index (χ1n) is 8.52. The lowest BCUT2D eigenvalue weighted by molar-refractivity contribution is 0.234. The molecule has 0 heterocycles. The van der Waals surface area contributed by atoms with Gasteiger partial charge < -0.3 is 9.05 Å². The molecule has 0 aliphatic heterocycles. The minimum absolute atomic E-state index is 0.0422. The van der Waals surface area contributed by atoms with E-state index < -0.39 is 25.5 Å². The Kier molecular flexibility index (Phi) is 7.69. The van der Waals surface area contributed by atoms with Gasteiger partial charge in [-0.1, -0.05) is 52.1 Å². The zero-order valence-corrected chi connectivity index (χ0v) is 19.1.